The van der Waals surface area contributed by atoms with Gasteiger partial charge in [0, 0.05) is 22.5 Å². The summed E-state index contributed by atoms with van der Waals surface area (Å²) < 4.78 is 10.9. The monoisotopic (exact) mass is 823 g/mol. The molecule has 7 aromatic rings. The first-order chi connectivity index (χ1) is 23.4. The van der Waals surface area contributed by atoms with Gasteiger partial charge < -0.3 is 13.9 Å². The molecule has 1 aliphatic heterocycles. The third-order valence-corrected chi connectivity index (χ3v) is 10.8. The summed E-state index contributed by atoms with van der Waals surface area (Å²) in [5.74, 6) is 1.82. The molecule has 0 spiro atoms. The molecule has 5 nitrogen and oxygen atoms in total. The van der Waals surface area contributed by atoms with E-state index in [9.17, 15) is 0 Å². The van der Waals surface area contributed by atoms with Gasteiger partial charge in [-0.3, -0.25) is 4.99 Å². The summed E-state index contributed by atoms with van der Waals surface area (Å²) in [5, 5.41) is 4.74. The van der Waals surface area contributed by atoms with Gasteiger partial charge >= 0.3 is 21.1 Å². The van der Waals surface area contributed by atoms with Crippen molar-refractivity contribution in [3.05, 3.63) is 113 Å². The second-order valence-electron chi connectivity index (χ2n) is 14.3. The van der Waals surface area contributed by atoms with Crippen LogP contribution in [-0.4, -0.2) is 32.7 Å². The van der Waals surface area contributed by atoms with Crippen LogP contribution in [0.2, 0.25) is 0 Å². The minimum absolute atomic E-state index is 0. The van der Waals surface area contributed by atoms with Crippen LogP contribution in [0.15, 0.2) is 77.9 Å². The van der Waals surface area contributed by atoms with Crippen LogP contribution in [0.5, 0.6) is 0 Å². The molecule has 3 aromatic heterocycles. The molecule has 0 saturated heterocycles. The fraction of sp³-hybridized carbons (Fsp3) is 0.302. The molecule has 248 valence electrons. The number of ether oxygens (including phenoxy) is 1. The Hall–Kier alpha value is -4.21. The molecule has 6 heteroatoms. The molecule has 2 aliphatic rings. The molecule has 1 saturated carbocycles. The Morgan fingerprint density at radius 2 is 1.57 bits per heavy atom. The molecule has 49 heavy (non-hydrogen) atoms. The third-order valence-electron chi connectivity index (χ3n) is 10.8. The van der Waals surface area contributed by atoms with Crippen LogP contribution in [0, 0.1) is 38.8 Å². The van der Waals surface area contributed by atoms with E-state index < -0.39 is 0 Å². The first-order valence-electron chi connectivity index (χ1n) is 17.5. The fourth-order valence-electron chi connectivity index (χ4n) is 8.22. The number of rotatable bonds is 5. The number of benzene rings is 4. The van der Waals surface area contributed by atoms with Crippen molar-refractivity contribution in [2.24, 2.45) is 10.9 Å². The summed E-state index contributed by atoms with van der Waals surface area (Å²) >= 11 is 0. The predicted octanol–water partition coefficient (Wildman–Crippen LogP) is 10.3. The van der Waals surface area contributed by atoms with E-state index in [1.165, 1.54) is 53.0 Å². The number of fused-ring (bicyclic) bond motifs is 6. The largest absolute Gasteiger partial charge is 2.00 e. The molecule has 0 amide bonds. The van der Waals surface area contributed by atoms with Gasteiger partial charge in [-0.1, -0.05) is 81.1 Å². The Labute approximate surface area is 302 Å². The molecular formula is C43H40N4OPt. The maximum atomic E-state index is 6.31. The SMILES string of the molecule is Cc1ccc2c(c1)c1ccc(-n3c4ccc(C(C)C)cc4c4cccnc43)[c-]c1n2-c1[c-]c(C2=N[C@H](C3CCCC3)CO2)c(C)cc1C.[Pt+2]. The average Bonchev–Trinajstić information content (AvgIpc) is 3.89. The van der Waals surface area contributed by atoms with E-state index >= 15 is 0 Å². The Balaban J connectivity index is 0.00000348. The van der Waals surface area contributed by atoms with Crippen LogP contribution in [0.1, 0.15) is 73.3 Å². The van der Waals surface area contributed by atoms with E-state index in [1.807, 2.05) is 12.3 Å². The van der Waals surface area contributed by atoms with Gasteiger partial charge in [-0.15, -0.1) is 40.8 Å². The average molecular weight is 824 g/mol. The van der Waals surface area contributed by atoms with Gasteiger partial charge in [0.15, 0.2) is 0 Å². The van der Waals surface area contributed by atoms with E-state index in [1.54, 1.807) is 0 Å². The number of aromatic nitrogens is 3. The summed E-state index contributed by atoms with van der Waals surface area (Å²) in [7, 11) is 0. The zero-order valence-electron chi connectivity index (χ0n) is 28.7. The number of pyridine rings is 1. The van der Waals surface area contributed by atoms with Gasteiger partial charge in [-0.25, -0.2) is 4.98 Å². The van der Waals surface area contributed by atoms with Crippen LogP contribution >= 0.6 is 0 Å². The molecule has 0 bridgehead atoms. The molecule has 1 fully saturated rings. The summed E-state index contributed by atoms with van der Waals surface area (Å²) in [6.45, 7) is 11.7. The molecule has 1 aliphatic carbocycles. The van der Waals surface area contributed by atoms with Crippen LogP contribution < -0.4 is 0 Å². The zero-order valence-corrected chi connectivity index (χ0v) is 31.0. The van der Waals surface area contributed by atoms with Gasteiger partial charge in [0.05, 0.1) is 18.2 Å². The first kappa shape index (κ1) is 32.0. The fourth-order valence-corrected chi connectivity index (χ4v) is 8.22. The molecule has 4 aromatic carbocycles. The van der Waals surface area contributed by atoms with E-state index in [-0.39, 0.29) is 27.1 Å². The Morgan fingerprint density at radius 1 is 0.796 bits per heavy atom. The van der Waals surface area contributed by atoms with Crippen LogP contribution in [-0.2, 0) is 25.8 Å². The summed E-state index contributed by atoms with van der Waals surface area (Å²) in [4.78, 5) is 10.0. The molecule has 0 N–H and O–H groups in total. The van der Waals surface area contributed by atoms with Crippen molar-refractivity contribution in [2.75, 3.05) is 6.61 Å². The van der Waals surface area contributed by atoms with Crippen LogP contribution in [0.3, 0.4) is 0 Å². The van der Waals surface area contributed by atoms with Gasteiger partial charge in [-0.2, -0.15) is 6.07 Å². The molecular weight excluding hydrogens is 784 g/mol. The van der Waals surface area contributed by atoms with Crippen molar-refractivity contribution >= 4 is 49.6 Å². The van der Waals surface area contributed by atoms with Crippen molar-refractivity contribution in [1.29, 1.82) is 0 Å². The number of nitrogens with zero attached hydrogens (tertiary/aromatic N) is 4. The maximum Gasteiger partial charge on any atom is 2.00 e. The Bertz CT molecular complexity index is 2440. The minimum atomic E-state index is 0. The van der Waals surface area contributed by atoms with Gasteiger partial charge in [-0.05, 0) is 78.6 Å². The van der Waals surface area contributed by atoms with E-state index in [2.05, 4.69) is 117 Å². The molecule has 4 heterocycles. The second kappa shape index (κ2) is 12.3. The number of aryl methyl sites for hydroxylation is 3. The molecule has 0 unspecified atom stereocenters. The van der Waals surface area contributed by atoms with Gasteiger partial charge in [0.1, 0.15) is 11.5 Å². The topological polar surface area (TPSA) is 44.3 Å². The summed E-state index contributed by atoms with van der Waals surface area (Å²) in [6.07, 6.45) is 7.01. The normalized spacial score (nSPS) is 16.7. The van der Waals surface area contributed by atoms with Crippen LogP contribution in [0.25, 0.3) is 55.1 Å². The van der Waals surface area contributed by atoms with E-state index in [0.29, 0.717) is 18.4 Å². The zero-order chi connectivity index (χ0) is 32.7. The van der Waals surface area contributed by atoms with Crippen LogP contribution in [0.4, 0.5) is 0 Å². The number of hydrogen-bond donors (Lipinski definition) is 0. The van der Waals surface area contributed by atoms with Crippen molar-refractivity contribution < 1.29 is 25.8 Å². The Morgan fingerprint density at radius 3 is 2.39 bits per heavy atom. The molecule has 0 radical (unpaired) electrons. The predicted molar refractivity (Wildman–Crippen MR) is 197 cm³/mol. The quantitative estimate of drug-likeness (QED) is 0.162. The standard InChI is InChI=1S/C43H40N4O.Pt/c1-25(2)30-13-17-38-36(21-30)33-11-8-18-44-42(33)46(38)31-14-15-32-35-19-26(3)12-16-39(35)47(41(32)22-31)40-23-34(27(4)20-28(40)5)43-45-37(24-48-43)29-9-6-7-10-29;/h8,11-21,25,29,37H,6-7,9-10,24H2,1-5H3;/q-2;+2/t37-;/m0./s1. The van der Waals surface area contributed by atoms with Gasteiger partial charge in [0.25, 0.3) is 0 Å². The third kappa shape index (κ3) is 5.16. The van der Waals surface area contributed by atoms with Gasteiger partial charge in [0.2, 0.25) is 0 Å². The molecule has 9 rings (SSSR count). The van der Waals surface area contributed by atoms with Crippen molar-refractivity contribution in [3.8, 4) is 11.4 Å². The van der Waals surface area contributed by atoms with E-state index in [0.717, 1.165) is 61.5 Å². The smallest absolute Gasteiger partial charge is 0.518 e. The van der Waals surface area contributed by atoms with Crippen molar-refractivity contribution in [1.82, 2.24) is 14.1 Å². The maximum absolute atomic E-state index is 6.31. The minimum Gasteiger partial charge on any atom is -0.518 e. The second-order valence-corrected chi connectivity index (χ2v) is 14.3. The number of hydrogen-bond acceptors (Lipinski definition) is 3. The first-order valence-corrected chi connectivity index (χ1v) is 17.5. The summed E-state index contributed by atoms with van der Waals surface area (Å²) in [5.41, 5.74) is 12.0. The van der Waals surface area contributed by atoms with Crippen molar-refractivity contribution in [2.45, 2.75) is 72.3 Å². The molecule has 1 atom stereocenters. The summed E-state index contributed by atoms with van der Waals surface area (Å²) in [6, 6.07) is 32.5. The Kier molecular flexibility index (Phi) is 8.03. The van der Waals surface area contributed by atoms with E-state index in [4.69, 9.17) is 14.7 Å². The van der Waals surface area contributed by atoms with Crippen molar-refractivity contribution in [3.63, 3.8) is 0 Å². The number of aliphatic imine (C=N–C) groups is 1.